The zero-order chi connectivity index (χ0) is 36.1. The van der Waals surface area contributed by atoms with Gasteiger partial charge in [-0.25, -0.2) is 9.59 Å². The Hall–Kier alpha value is -5.35. The predicted octanol–water partition coefficient (Wildman–Crippen LogP) is 8.85. The average Bonchev–Trinajstić information content (AvgIpc) is 3.11. The van der Waals surface area contributed by atoms with Gasteiger partial charge in [0.25, 0.3) is 0 Å². The molecule has 49 heavy (non-hydrogen) atoms. The molecule has 0 aliphatic rings. The fraction of sp³-hybridized carbons (Fsp3) is 0.231. The summed E-state index contributed by atoms with van der Waals surface area (Å²) in [5.41, 5.74) is -0.787. The number of ketones is 1. The molecule has 0 saturated carbocycles. The van der Waals surface area contributed by atoms with Crippen LogP contribution in [0.25, 0.3) is 32.7 Å². The Balaban J connectivity index is 0.000000251. The summed E-state index contributed by atoms with van der Waals surface area (Å²) in [6.07, 6.45) is 0.542. The van der Waals surface area contributed by atoms with Crippen molar-refractivity contribution in [3.63, 3.8) is 0 Å². The van der Waals surface area contributed by atoms with Gasteiger partial charge in [0.2, 0.25) is 5.91 Å². The summed E-state index contributed by atoms with van der Waals surface area (Å²) in [5.74, 6) is -1.16. The van der Waals surface area contributed by atoms with Crippen molar-refractivity contribution >= 4 is 56.3 Å². The fourth-order valence-electron chi connectivity index (χ4n) is 4.81. The molecule has 3 N–H and O–H groups in total. The molecule has 2 aromatic heterocycles. The second-order valence-electron chi connectivity index (χ2n) is 10.4. The Morgan fingerprint density at radius 1 is 0.735 bits per heavy atom. The van der Waals surface area contributed by atoms with Crippen LogP contribution >= 0.6 is 11.9 Å². The summed E-state index contributed by atoms with van der Waals surface area (Å²) in [7, 11) is 0. The highest BCUT2D eigenvalue weighted by Crippen LogP contribution is 2.34. The van der Waals surface area contributed by atoms with Gasteiger partial charge in [0, 0.05) is 29.2 Å². The van der Waals surface area contributed by atoms with Crippen molar-refractivity contribution < 1.29 is 28.6 Å². The number of fused-ring (bicyclic) bond motifs is 3. The molecule has 10 heteroatoms. The summed E-state index contributed by atoms with van der Waals surface area (Å²) >= 11 is 1.28. The van der Waals surface area contributed by atoms with Crippen molar-refractivity contribution in [1.29, 1.82) is 0 Å². The second-order valence-corrected chi connectivity index (χ2v) is 11.3. The maximum Gasteiger partial charge on any atom is 0.343 e. The smallest absolute Gasteiger partial charge is 0.343 e. The number of hydrogen-bond donors (Lipinski definition) is 3. The van der Waals surface area contributed by atoms with Crippen LogP contribution in [0.15, 0.2) is 114 Å². The second kappa shape index (κ2) is 18.3. The monoisotopic (exact) mass is 683 g/mol. The van der Waals surface area contributed by atoms with Crippen LogP contribution in [0.3, 0.4) is 0 Å². The topological polar surface area (TPSA) is 147 Å². The van der Waals surface area contributed by atoms with Gasteiger partial charge >= 0.3 is 11.3 Å². The van der Waals surface area contributed by atoms with Gasteiger partial charge in [-0.3, -0.25) is 9.52 Å². The molecular weight excluding hydrogens is 642 g/mol. The van der Waals surface area contributed by atoms with Crippen molar-refractivity contribution in [2.75, 3.05) is 0 Å². The third kappa shape index (κ3) is 9.61. The lowest BCUT2D eigenvalue weighted by Gasteiger charge is -2.13. The van der Waals surface area contributed by atoms with Crippen LogP contribution in [-0.4, -0.2) is 21.9 Å². The van der Waals surface area contributed by atoms with Crippen LogP contribution in [0.1, 0.15) is 71.4 Å². The molecule has 256 valence electrons. The van der Waals surface area contributed by atoms with Crippen LogP contribution < -0.4 is 16.0 Å². The lowest BCUT2D eigenvalue weighted by Crippen LogP contribution is -2.17. The van der Waals surface area contributed by atoms with Gasteiger partial charge in [0.1, 0.15) is 28.4 Å². The Morgan fingerprint density at radius 3 is 2.06 bits per heavy atom. The van der Waals surface area contributed by atoms with Crippen LogP contribution in [0.4, 0.5) is 0 Å². The van der Waals surface area contributed by atoms with E-state index in [0.717, 1.165) is 10.3 Å². The van der Waals surface area contributed by atoms with Gasteiger partial charge in [0.15, 0.2) is 0 Å². The molecule has 0 fully saturated rings. The van der Waals surface area contributed by atoms with Crippen molar-refractivity contribution in [3.05, 3.63) is 123 Å². The van der Waals surface area contributed by atoms with E-state index in [-0.39, 0.29) is 51.9 Å². The van der Waals surface area contributed by atoms with Crippen molar-refractivity contribution in [1.82, 2.24) is 4.72 Å². The largest absolute Gasteiger partial charge is 0.507 e. The van der Waals surface area contributed by atoms with E-state index in [1.165, 1.54) is 36.4 Å². The van der Waals surface area contributed by atoms with E-state index in [0.29, 0.717) is 17.2 Å². The highest BCUT2D eigenvalue weighted by molar-refractivity contribution is 7.98. The van der Waals surface area contributed by atoms with E-state index in [1.54, 1.807) is 43.3 Å². The first-order valence-electron chi connectivity index (χ1n) is 16.1. The number of rotatable bonds is 7. The Kier molecular flexibility index (Phi) is 14.2. The number of hydrogen-bond acceptors (Lipinski definition) is 9. The number of phenols is 1. The van der Waals surface area contributed by atoms with Gasteiger partial charge in [0.05, 0.1) is 16.3 Å². The lowest BCUT2D eigenvalue weighted by molar-refractivity contribution is -0.123. The number of carbonyl (C=O) groups is 2. The molecule has 4 aromatic carbocycles. The fourth-order valence-corrected chi connectivity index (χ4v) is 5.47. The first-order valence-corrected chi connectivity index (χ1v) is 16.9. The summed E-state index contributed by atoms with van der Waals surface area (Å²) in [6.45, 7) is 11.1. The SMILES string of the molecule is CC.CC.CC(=O)CCC(=O)NSc1ccc2ccccc2c1.CC(c1cc2c(O)cccc2oc1=O)c1c(O)c2ccccc2oc1=O. The van der Waals surface area contributed by atoms with E-state index in [9.17, 15) is 29.4 Å². The van der Waals surface area contributed by atoms with Crippen LogP contribution in [0.5, 0.6) is 11.5 Å². The first kappa shape index (κ1) is 38.1. The van der Waals surface area contributed by atoms with Gasteiger partial charge < -0.3 is 23.8 Å². The average molecular weight is 684 g/mol. The molecule has 0 bridgehead atoms. The number of Topliss-reactive ketones (excluding diaryl/α,β-unsaturated/α-hetero) is 1. The Morgan fingerprint density at radius 2 is 1.35 bits per heavy atom. The molecule has 1 unspecified atom stereocenters. The zero-order valence-corrected chi connectivity index (χ0v) is 29.2. The minimum Gasteiger partial charge on any atom is -0.507 e. The molecule has 1 amide bonds. The van der Waals surface area contributed by atoms with Crippen molar-refractivity contribution in [3.8, 4) is 11.5 Å². The number of nitrogens with one attached hydrogen (secondary N) is 1. The first-order chi connectivity index (χ1) is 23.6. The highest BCUT2D eigenvalue weighted by atomic mass is 32.2. The summed E-state index contributed by atoms with van der Waals surface area (Å²) in [4.78, 5) is 48.0. The third-order valence-electron chi connectivity index (χ3n) is 7.21. The molecular formula is C39H41NO8S. The van der Waals surface area contributed by atoms with Gasteiger partial charge in [-0.05, 0) is 72.1 Å². The molecule has 6 aromatic rings. The third-order valence-corrected chi connectivity index (χ3v) is 8.03. The molecule has 0 aliphatic carbocycles. The predicted molar refractivity (Wildman–Crippen MR) is 196 cm³/mol. The normalized spacial score (nSPS) is 10.9. The molecule has 0 aliphatic heterocycles. The lowest BCUT2D eigenvalue weighted by atomic mass is 9.93. The van der Waals surface area contributed by atoms with Gasteiger partial charge in [-0.15, -0.1) is 0 Å². The molecule has 0 spiro atoms. The highest BCUT2D eigenvalue weighted by Gasteiger charge is 2.24. The molecule has 1 atom stereocenters. The van der Waals surface area contributed by atoms with Crippen LogP contribution in [0.2, 0.25) is 0 Å². The van der Waals surface area contributed by atoms with Crippen molar-refractivity contribution in [2.24, 2.45) is 0 Å². The van der Waals surface area contributed by atoms with E-state index in [4.69, 9.17) is 8.83 Å². The molecule has 9 nitrogen and oxygen atoms in total. The maximum absolute atomic E-state index is 12.4. The number of carbonyl (C=O) groups excluding carboxylic acids is 2. The van der Waals surface area contributed by atoms with Gasteiger partial charge in [-0.1, -0.05) is 83.1 Å². The Labute approximate surface area is 288 Å². The van der Waals surface area contributed by atoms with E-state index in [2.05, 4.69) is 10.8 Å². The van der Waals surface area contributed by atoms with E-state index < -0.39 is 17.2 Å². The maximum atomic E-state index is 12.4. The van der Waals surface area contributed by atoms with Crippen molar-refractivity contribution in [2.45, 2.75) is 65.2 Å². The Bertz CT molecular complexity index is 2170. The number of phenolic OH excluding ortho intramolecular Hbond substituents is 1. The summed E-state index contributed by atoms with van der Waals surface area (Å²) in [6, 6.07) is 26.8. The zero-order valence-electron chi connectivity index (χ0n) is 28.4. The number of amides is 1. The van der Waals surface area contributed by atoms with Crippen LogP contribution in [0, 0.1) is 0 Å². The van der Waals surface area contributed by atoms with Crippen LogP contribution in [-0.2, 0) is 9.59 Å². The minimum absolute atomic E-state index is 0.0332. The molecule has 0 saturated heterocycles. The molecule has 2 heterocycles. The number of aromatic hydroxyl groups is 2. The standard InChI is InChI=1S/C20H14O6.C15H15NO2S.2C2H6/c1-10(12-9-13-14(21)6-4-8-16(13)25-19(12)23)17-18(22)11-5-2-3-7-15(11)26-20(17)24;1-11(17)6-9-15(18)16-19-14-8-7-12-4-2-3-5-13(12)10-14;2*1-2/h2-10,21-22H,1H3;2-5,7-8,10H,6,9H2,1H3,(H,16,18);2*1-2H3. The summed E-state index contributed by atoms with van der Waals surface area (Å²) in [5, 5.41) is 23.6. The summed E-state index contributed by atoms with van der Waals surface area (Å²) < 4.78 is 13.3. The minimum atomic E-state index is -0.795. The molecule has 0 radical (unpaired) electrons. The van der Waals surface area contributed by atoms with Gasteiger partial charge in [-0.2, -0.15) is 0 Å². The number of para-hydroxylation sites is 1. The number of benzene rings is 4. The molecule has 6 rings (SSSR count). The quantitative estimate of drug-likeness (QED) is 0.111. The van der Waals surface area contributed by atoms with E-state index in [1.807, 2.05) is 64.1 Å². The van der Waals surface area contributed by atoms with E-state index >= 15 is 0 Å².